The van der Waals surface area contributed by atoms with Gasteiger partial charge >= 0.3 is 0 Å². The van der Waals surface area contributed by atoms with E-state index in [1.54, 1.807) is 0 Å². The average molecular weight is 340 g/mol. The van der Waals surface area contributed by atoms with Gasteiger partial charge in [-0.3, -0.25) is 14.8 Å². The van der Waals surface area contributed by atoms with Crippen molar-refractivity contribution in [3.8, 4) is 0 Å². The van der Waals surface area contributed by atoms with Crippen molar-refractivity contribution in [3.63, 3.8) is 0 Å². The highest BCUT2D eigenvalue weighted by Gasteiger charge is 2.27. The predicted molar refractivity (Wildman–Crippen MR) is 99.2 cm³/mol. The second-order valence-electron chi connectivity index (χ2n) is 6.84. The van der Waals surface area contributed by atoms with Gasteiger partial charge < -0.3 is 5.32 Å². The second-order valence-corrected chi connectivity index (χ2v) is 6.84. The monoisotopic (exact) mass is 340 g/mol. The van der Waals surface area contributed by atoms with E-state index in [9.17, 15) is 4.79 Å². The summed E-state index contributed by atoms with van der Waals surface area (Å²) < 4.78 is 2.07. The number of carbonyl (C=O) groups is 1. The first-order valence-corrected chi connectivity index (χ1v) is 9.26. The molecule has 5 heteroatoms. The summed E-state index contributed by atoms with van der Waals surface area (Å²) in [5.74, 6) is 0.0337. The molecule has 2 aromatic rings. The van der Waals surface area contributed by atoms with Crippen molar-refractivity contribution in [1.29, 1.82) is 0 Å². The lowest BCUT2D eigenvalue weighted by molar-refractivity contribution is -0.123. The van der Waals surface area contributed by atoms with E-state index in [1.165, 1.54) is 11.3 Å². The molecule has 134 valence electrons. The number of aryl methyl sites for hydroxylation is 1. The fourth-order valence-corrected chi connectivity index (χ4v) is 3.61. The summed E-state index contributed by atoms with van der Waals surface area (Å²) in [5.41, 5.74) is 3.69. The Kier molecular flexibility index (Phi) is 5.53. The molecule has 1 amide bonds. The maximum atomic E-state index is 12.6. The van der Waals surface area contributed by atoms with Gasteiger partial charge in [0.2, 0.25) is 5.91 Å². The van der Waals surface area contributed by atoms with Crippen LogP contribution in [0, 0.1) is 0 Å². The first-order valence-electron chi connectivity index (χ1n) is 9.26. The number of benzene rings is 1. The van der Waals surface area contributed by atoms with Crippen LogP contribution in [-0.2, 0) is 17.8 Å². The molecule has 0 aliphatic heterocycles. The van der Waals surface area contributed by atoms with Crippen LogP contribution in [0.1, 0.15) is 62.5 Å². The Morgan fingerprint density at radius 2 is 2.08 bits per heavy atom. The van der Waals surface area contributed by atoms with E-state index in [1.807, 2.05) is 50.4 Å². The Hall–Kier alpha value is -2.14. The lowest BCUT2D eigenvalue weighted by atomic mass is 9.92. The van der Waals surface area contributed by atoms with E-state index in [-0.39, 0.29) is 24.0 Å². The summed E-state index contributed by atoms with van der Waals surface area (Å²) >= 11 is 0. The Morgan fingerprint density at radius 1 is 1.32 bits per heavy atom. The highest BCUT2D eigenvalue weighted by Crippen LogP contribution is 2.30. The third-order valence-corrected chi connectivity index (χ3v) is 5.07. The number of hydrogen-bond acceptors (Lipinski definition) is 3. The Labute approximate surface area is 149 Å². The molecule has 1 heterocycles. The summed E-state index contributed by atoms with van der Waals surface area (Å²) in [6.07, 6.45) is 5.22. The predicted octanol–water partition coefficient (Wildman–Crippen LogP) is 3.14. The van der Waals surface area contributed by atoms with Gasteiger partial charge in [0, 0.05) is 23.8 Å². The largest absolute Gasteiger partial charge is 0.348 e. The number of aromatic nitrogens is 2. The van der Waals surface area contributed by atoms with Crippen molar-refractivity contribution in [2.24, 2.45) is 0 Å². The highest BCUT2D eigenvalue weighted by molar-refractivity contribution is 5.81. The van der Waals surface area contributed by atoms with Crippen LogP contribution in [0.15, 0.2) is 36.5 Å². The third kappa shape index (κ3) is 3.93. The molecular formula is C20H28N4O. The number of nitrogens with zero attached hydrogens (tertiary/aromatic N) is 2. The molecule has 0 saturated heterocycles. The molecule has 3 rings (SSSR count). The van der Waals surface area contributed by atoms with E-state index in [4.69, 9.17) is 0 Å². The summed E-state index contributed by atoms with van der Waals surface area (Å²) in [6.45, 7) is 6.97. The summed E-state index contributed by atoms with van der Waals surface area (Å²) in [5, 5.41) is 11.1. The highest BCUT2D eigenvalue weighted by atomic mass is 16.2. The van der Waals surface area contributed by atoms with Gasteiger partial charge in [-0.05, 0) is 45.6 Å². The van der Waals surface area contributed by atoms with Crippen molar-refractivity contribution in [3.05, 3.63) is 53.3 Å². The number of nitrogens with one attached hydrogen (secondary N) is 2. The number of rotatable bonds is 6. The summed E-state index contributed by atoms with van der Waals surface area (Å²) in [6, 6.07) is 10.0. The fraction of sp³-hybridized carbons (Fsp3) is 0.500. The molecule has 0 bridgehead atoms. The van der Waals surface area contributed by atoms with Crippen LogP contribution in [0.4, 0.5) is 0 Å². The van der Waals surface area contributed by atoms with E-state index in [0.717, 1.165) is 31.4 Å². The van der Waals surface area contributed by atoms with Gasteiger partial charge in [-0.15, -0.1) is 0 Å². The number of carbonyl (C=O) groups excluding carboxylic acids is 1. The normalized spacial score (nSPS) is 19.1. The molecule has 1 aliphatic rings. The van der Waals surface area contributed by atoms with Gasteiger partial charge in [-0.25, -0.2) is 0 Å². The molecular weight excluding hydrogens is 312 g/mol. The second kappa shape index (κ2) is 7.83. The van der Waals surface area contributed by atoms with Crippen LogP contribution in [0.2, 0.25) is 0 Å². The van der Waals surface area contributed by atoms with Crippen LogP contribution in [0.25, 0.3) is 0 Å². The van der Waals surface area contributed by atoms with Crippen LogP contribution in [0.5, 0.6) is 0 Å². The molecule has 25 heavy (non-hydrogen) atoms. The van der Waals surface area contributed by atoms with Crippen molar-refractivity contribution < 1.29 is 4.79 Å². The van der Waals surface area contributed by atoms with E-state index >= 15 is 0 Å². The van der Waals surface area contributed by atoms with Crippen molar-refractivity contribution >= 4 is 5.91 Å². The molecule has 0 saturated carbocycles. The maximum Gasteiger partial charge on any atom is 0.237 e. The molecule has 3 atom stereocenters. The van der Waals surface area contributed by atoms with Gasteiger partial charge in [0.1, 0.15) is 0 Å². The Morgan fingerprint density at radius 3 is 2.80 bits per heavy atom. The van der Waals surface area contributed by atoms with Crippen LogP contribution in [-0.4, -0.2) is 21.7 Å². The van der Waals surface area contributed by atoms with Crippen LogP contribution in [0.3, 0.4) is 0 Å². The number of hydrogen-bond donors (Lipinski definition) is 2. The van der Waals surface area contributed by atoms with E-state index in [0.29, 0.717) is 0 Å². The molecule has 1 aromatic heterocycles. The zero-order valence-corrected chi connectivity index (χ0v) is 15.3. The molecule has 1 aromatic carbocycles. The van der Waals surface area contributed by atoms with Gasteiger partial charge in [0.15, 0.2) is 0 Å². The van der Waals surface area contributed by atoms with Crippen molar-refractivity contribution in [1.82, 2.24) is 20.4 Å². The molecule has 1 aliphatic carbocycles. The van der Waals surface area contributed by atoms with Crippen molar-refractivity contribution in [2.45, 2.75) is 64.7 Å². The van der Waals surface area contributed by atoms with Gasteiger partial charge in [0.05, 0.1) is 18.3 Å². The Bertz CT molecular complexity index is 710. The average Bonchev–Trinajstić information content (AvgIpc) is 3.06. The summed E-state index contributed by atoms with van der Waals surface area (Å²) in [4.78, 5) is 12.6. The third-order valence-electron chi connectivity index (χ3n) is 5.07. The molecule has 5 nitrogen and oxygen atoms in total. The first-order chi connectivity index (χ1) is 12.1. The number of fused-ring (bicyclic) bond motifs is 1. The minimum Gasteiger partial charge on any atom is -0.348 e. The zero-order valence-electron chi connectivity index (χ0n) is 15.3. The molecule has 0 fully saturated rings. The molecule has 2 N–H and O–H groups in total. The van der Waals surface area contributed by atoms with Gasteiger partial charge in [-0.1, -0.05) is 30.3 Å². The van der Waals surface area contributed by atoms with Crippen LogP contribution >= 0.6 is 0 Å². The number of amides is 1. The Balaban J connectivity index is 1.62. The topological polar surface area (TPSA) is 59.0 Å². The minimum absolute atomic E-state index is 0.00251. The lowest BCUT2D eigenvalue weighted by Gasteiger charge is -2.27. The molecule has 0 spiro atoms. The van der Waals surface area contributed by atoms with Gasteiger partial charge in [-0.2, -0.15) is 5.10 Å². The SMILES string of the molecule is CCn1ncc2c1CCC[C@@H]2N[C@H](C)C(=O)N[C@@H](C)c1ccccc1. The lowest BCUT2D eigenvalue weighted by Crippen LogP contribution is -2.45. The van der Waals surface area contributed by atoms with Crippen molar-refractivity contribution in [2.75, 3.05) is 0 Å². The smallest absolute Gasteiger partial charge is 0.237 e. The summed E-state index contributed by atoms with van der Waals surface area (Å²) in [7, 11) is 0. The van der Waals surface area contributed by atoms with Gasteiger partial charge in [0.25, 0.3) is 0 Å². The van der Waals surface area contributed by atoms with E-state index in [2.05, 4.69) is 27.3 Å². The molecule has 0 unspecified atom stereocenters. The fourth-order valence-electron chi connectivity index (χ4n) is 3.61. The molecule has 0 radical (unpaired) electrons. The first kappa shape index (κ1) is 17.7. The standard InChI is InChI=1S/C20H28N4O/c1-4-24-19-12-8-11-18(17(19)13-21-24)22-15(3)20(25)23-14(2)16-9-6-5-7-10-16/h5-7,9-10,13-15,18,22H,4,8,11-12H2,1-3H3,(H,23,25)/t14-,15+,18-/m0/s1. The van der Waals surface area contributed by atoms with E-state index < -0.39 is 0 Å². The van der Waals surface area contributed by atoms with Crippen LogP contribution < -0.4 is 10.6 Å². The quantitative estimate of drug-likeness (QED) is 0.849. The maximum absolute atomic E-state index is 12.6. The minimum atomic E-state index is -0.243. The zero-order chi connectivity index (χ0) is 17.8.